The molecule has 0 bridgehead atoms. The van der Waals surface area contributed by atoms with Crippen molar-refractivity contribution >= 4 is 29.7 Å². The van der Waals surface area contributed by atoms with E-state index in [1.807, 2.05) is 0 Å². The first-order valence-electron chi connectivity index (χ1n) is 10.7. The quantitative estimate of drug-likeness (QED) is 0.456. The van der Waals surface area contributed by atoms with Gasteiger partial charge < -0.3 is 26.1 Å². The number of amides is 3. The number of nitrogens with one attached hydrogen (secondary N) is 4. The third-order valence-electron chi connectivity index (χ3n) is 5.78. The third kappa shape index (κ3) is 6.13. The molecule has 8 nitrogen and oxygen atoms in total. The number of para-hydroxylation sites is 1. The fourth-order valence-electron chi connectivity index (χ4n) is 4.10. The number of aldehydes is 1. The molecule has 1 unspecified atom stereocenters. The molecule has 1 aromatic rings. The van der Waals surface area contributed by atoms with Gasteiger partial charge in [0.15, 0.2) is 0 Å². The van der Waals surface area contributed by atoms with Crippen molar-refractivity contribution < 1.29 is 19.2 Å². The number of hydrogen-bond donors (Lipinski definition) is 4. The first-order valence-corrected chi connectivity index (χ1v) is 10.7. The molecule has 1 aliphatic heterocycles. The van der Waals surface area contributed by atoms with Crippen LogP contribution in [0.5, 0.6) is 0 Å². The molecule has 8 heteroatoms. The lowest BCUT2D eigenvalue weighted by atomic mass is 9.95. The molecular weight excluding hydrogens is 384 g/mol. The summed E-state index contributed by atoms with van der Waals surface area (Å²) in [6.45, 7) is 0.779. The Hall–Kier alpha value is -2.74. The number of carbonyl (C=O) groups is 4. The SMILES string of the molecule is O=C[C@H](CC1CCNC1=O)NC(=O)c1ccccc1NC(=O)CNC1CCCCC1. The highest BCUT2D eigenvalue weighted by atomic mass is 16.2. The normalized spacial score (nSPS) is 20.3. The molecule has 1 aliphatic carbocycles. The molecule has 0 spiro atoms. The van der Waals surface area contributed by atoms with Crippen LogP contribution < -0.4 is 21.3 Å². The zero-order valence-corrected chi connectivity index (χ0v) is 17.1. The predicted molar refractivity (Wildman–Crippen MR) is 113 cm³/mol. The summed E-state index contributed by atoms with van der Waals surface area (Å²) in [5.74, 6) is -1.03. The van der Waals surface area contributed by atoms with E-state index in [2.05, 4.69) is 21.3 Å². The van der Waals surface area contributed by atoms with Crippen LogP contribution in [0.4, 0.5) is 5.69 Å². The predicted octanol–water partition coefficient (Wildman–Crippen LogP) is 1.37. The maximum absolute atomic E-state index is 12.7. The lowest BCUT2D eigenvalue weighted by molar-refractivity contribution is -0.123. The van der Waals surface area contributed by atoms with Crippen LogP contribution in [0.2, 0.25) is 0 Å². The van der Waals surface area contributed by atoms with E-state index in [1.54, 1.807) is 24.3 Å². The molecule has 4 N–H and O–H groups in total. The minimum Gasteiger partial charge on any atom is -0.356 e. The van der Waals surface area contributed by atoms with E-state index in [0.717, 1.165) is 12.8 Å². The molecule has 3 rings (SSSR count). The summed E-state index contributed by atoms with van der Waals surface area (Å²) in [6.07, 6.45) is 7.35. The molecule has 0 aromatic heterocycles. The summed E-state index contributed by atoms with van der Waals surface area (Å²) in [5, 5.41) is 11.5. The van der Waals surface area contributed by atoms with Crippen molar-refractivity contribution in [3.63, 3.8) is 0 Å². The molecule has 162 valence electrons. The van der Waals surface area contributed by atoms with E-state index in [4.69, 9.17) is 0 Å². The van der Waals surface area contributed by atoms with Gasteiger partial charge in [0.2, 0.25) is 11.8 Å². The summed E-state index contributed by atoms with van der Waals surface area (Å²) in [6, 6.07) is 6.30. The molecule has 1 heterocycles. The zero-order chi connectivity index (χ0) is 21.3. The Balaban J connectivity index is 1.56. The van der Waals surface area contributed by atoms with Gasteiger partial charge in [0, 0.05) is 18.5 Å². The van der Waals surface area contributed by atoms with E-state index >= 15 is 0 Å². The van der Waals surface area contributed by atoms with Crippen LogP contribution in [-0.2, 0) is 14.4 Å². The van der Waals surface area contributed by atoms with Crippen LogP contribution in [0, 0.1) is 5.92 Å². The fourth-order valence-corrected chi connectivity index (χ4v) is 4.10. The average molecular weight is 415 g/mol. The molecule has 1 saturated heterocycles. The van der Waals surface area contributed by atoms with Gasteiger partial charge in [-0.15, -0.1) is 0 Å². The van der Waals surface area contributed by atoms with Crippen LogP contribution in [-0.4, -0.2) is 49.2 Å². The molecule has 30 heavy (non-hydrogen) atoms. The van der Waals surface area contributed by atoms with Crippen molar-refractivity contribution in [1.29, 1.82) is 0 Å². The van der Waals surface area contributed by atoms with E-state index in [9.17, 15) is 19.2 Å². The number of carbonyl (C=O) groups excluding carboxylic acids is 4. The summed E-state index contributed by atoms with van der Waals surface area (Å²) in [5.41, 5.74) is 0.681. The van der Waals surface area contributed by atoms with Crippen LogP contribution in [0.3, 0.4) is 0 Å². The Morgan fingerprint density at radius 2 is 1.90 bits per heavy atom. The van der Waals surface area contributed by atoms with Gasteiger partial charge in [-0.05, 0) is 37.8 Å². The second kappa shape index (κ2) is 10.9. The second-order valence-corrected chi connectivity index (χ2v) is 8.04. The van der Waals surface area contributed by atoms with Gasteiger partial charge in [0.25, 0.3) is 5.91 Å². The molecule has 1 aromatic carbocycles. The largest absolute Gasteiger partial charge is 0.356 e. The van der Waals surface area contributed by atoms with Crippen molar-refractivity contribution in [2.45, 2.75) is 57.0 Å². The van der Waals surface area contributed by atoms with Crippen molar-refractivity contribution in [2.75, 3.05) is 18.4 Å². The monoisotopic (exact) mass is 414 g/mol. The maximum atomic E-state index is 12.7. The Morgan fingerprint density at radius 3 is 2.60 bits per heavy atom. The van der Waals surface area contributed by atoms with E-state index in [0.29, 0.717) is 31.0 Å². The molecule has 3 amide bonds. The van der Waals surface area contributed by atoms with Crippen LogP contribution in [0.1, 0.15) is 55.3 Å². The Morgan fingerprint density at radius 1 is 1.13 bits per heavy atom. The van der Waals surface area contributed by atoms with Gasteiger partial charge in [-0.25, -0.2) is 0 Å². The van der Waals surface area contributed by atoms with E-state index < -0.39 is 11.9 Å². The first-order chi connectivity index (χ1) is 14.6. The van der Waals surface area contributed by atoms with Crippen LogP contribution in [0.15, 0.2) is 24.3 Å². The molecule has 2 atom stereocenters. The highest BCUT2D eigenvalue weighted by Gasteiger charge is 2.28. The van der Waals surface area contributed by atoms with Crippen molar-refractivity contribution in [1.82, 2.24) is 16.0 Å². The lowest BCUT2D eigenvalue weighted by Gasteiger charge is -2.22. The second-order valence-electron chi connectivity index (χ2n) is 8.04. The highest BCUT2D eigenvalue weighted by molar-refractivity contribution is 6.04. The topological polar surface area (TPSA) is 116 Å². The van der Waals surface area contributed by atoms with Gasteiger partial charge in [0.05, 0.1) is 23.8 Å². The molecule has 2 fully saturated rings. The number of rotatable bonds is 9. The zero-order valence-electron chi connectivity index (χ0n) is 17.1. The summed E-state index contributed by atoms with van der Waals surface area (Å²) in [4.78, 5) is 48.3. The molecular formula is C22H30N4O4. The number of benzene rings is 1. The fraction of sp³-hybridized carbons (Fsp3) is 0.545. The van der Waals surface area contributed by atoms with E-state index in [1.165, 1.54) is 19.3 Å². The number of hydrogen-bond acceptors (Lipinski definition) is 5. The third-order valence-corrected chi connectivity index (χ3v) is 5.78. The summed E-state index contributed by atoms with van der Waals surface area (Å²) >= 11 is 0. The van der Waals surface area contributed by atoms with Crippen LogP contribution >= 0.6 is 0 Å². The van der Waals surface area contributed by atoms with Crippen molar-refractivity contribution in [2.24, 2.45) is 5.92 Å². The minimum absolute atomic E-state index is 0.0887. The van der Waals surface area contributed by atoms with Gasteiger partial charge >= 0.3 is 0 Å². The minimum atomic E-state index is -0.761. The standard InChI is InChI=1S/C22H30N4O4/c27-14-17(12-15-10-11-23-21(15)29)25-22(30)18-8-4-5-9-19(18)26-20(28)13-24-16-6-2-1-3-7-16/h4-5,8-9,14-17,24H,1-3,6-7,10-13H2,(H,23,29)(H,25,30)(H,26,28)/t15?,17-/m0/s1. The average Bonchev–Trinajstić information content (AvgIpc) is 3.17. The Kier molecular flexibility index (Phi) is 7.96. The van der Waals surface area contributed by atoms with Crippen molar-refractivity contribution in [3.8, 4) is 0 Å². The van der Waals surface area contributed by atoms with Crippen LogP contribution in [0.25, 0.3) is 0 Å². The molecule has 2 aliphatic rings. The van der Waals surface area contributed by atoms with E-state index in [-0.39, 0.29) is 36.3 Å². The first kappa shape index (κ1) is 22.0. The molecule has 0 radical (unpaired) electrons. The van der Waals surface area contributed by atoms with Gasteiger partial charge in [-0.1, -0.05) is 31.4 Å². The number of anilines is 1. The lowest BCUT2D eigenvalue weighted by Crippen LogP contribution is -2.39. The summed E-state index contributed by atoms with van der Waals surface area (Å²) < 4.78 is 0. The van der Waals surface area contributed by atoms with Gasteiger partial charge in [-0.2, -0.15) is 0 Å². The van der Waals surface area contributed by atoms with Crippen molar-refractivity contribution in [3.05, 3.63) is 29.8 Å². The van der Waals surface area contributed by atoms with Gasteiger partial charge in [-0.3, -0.25) is 14.4 Å². The van der Waals surface area contributed by atoms with Gasteiger partial charge in [0.1, 0.15) is 6.29 Å². The Bertz CT molecular complexity index is 776. The maximum Gasteiger partial charge on any atom is 0.253 e. The highest BCUT2D eigenvalue weighted by Crippen LogP contribution is 2.19. The summed E-state index contributed by atoms with van der Waals surface area (Å²) in [7, 11) is 0. The molecule has 1 saturated carbocycles. The Labute approximate surface area is 176 Å². The smallest absolute Gasteiger partial charge is 0.253 e.